The number of nitrogens with zero attached hydrogens (tertiary/aromatic N) is 1. The third-order valence-electron chi connectivity index (χ3n) is 2.38. The standard InChI is InChI=1S/C11H13NO2.ClH/c1-2-14-11(13)12-8-7-9-5-3-4-6-10(9)12;/h3-6H,2,7-8H2,1H3;1H. The number of anilines is 1. The van der Waals surface area contributed by atoms with Gasteiger partial charge >= 0.3 is 6.09 Å². The van der Waals surface area contributed by atoms with Gasteiger partial charge in [0.2, 0.25) is 0 Å². The molecule has 0 aliphatic carbocycles. The van der Waals surface area contributed by atoms with Crippen LogP contribution in [0.5, 0.6) is 0 Å². The summed E-state index contributed by atoms with van der Waals surface area (Å²) in [5, 5.41) is 0. The van der Waals surface area contributed by atoms with Gasteiger partial charge in [-0.15, -0.1) is 12.4 Å². The largest absolute Gasteiger partial charge is 0.449 e. The molecule has 82 valence electrons. The van der Waals surface area contributed by atoms with Crippen LogP contribution in [0.2, 0.25) is 0 Å². The van der Waals surface area contributed by atoms with E-state index in [0.29, 0.717) is 6.61 Å². The van der Waals surface area contributed by atoms with Gasteiger partial charge in [0, 0.05) is 6.54 Å². The second-order valence-corrected chi connectivity index (χ2v) is 3.23. The highest BCUT2D eigenvalue weighted by Crippen LogP contribution is 2.27. The molecule has 0 saturated heterocycles. The summed E-state index contributed by atoms with van der Waals surface area (Å²) in [5.74, 6) is 0. The van der Waals surface area contributed by atoms with Gasteiger partial charge in [-0.1, -0.05) is 18.2 Å². The van der Waals surface area contributed by atoms with E-state index < -0.39 is 0 Å². The molecule has 1 heterocycles. The molecule has 1 aromatic rings. The Kier molecular flexibility index (Phi) is 3.97. The van der Waals surface area contributed by atoms with Crippen LogP contribution in [0, 0.1) is 0 Å². The number of carbonyl (C=O) groups is 1. The van der Waals surface area contributed by atoms with E-state index in [-0.39, 0.29) is 18.5 Å². The van der Waals surface area contributed by atoms with Crippen LogP contribution < -0.4 is 4.90 Å². The van der Waals surface area contributed by atoms with Crippen molar-refractivity contribution in [1.29, 1.82) is 0 Å². The van der Waals surface area contributed by atoms with Crippen molar-refractivity contribution < 1.29 is 9.53 Å². The predicted molar refractivity (Wildman–Crippen MR) is 61.8 cm³/mol. The van der Waals surface area contributed by atoms with Crippen LogP contribution in [0.15, 0.2) is 24.3 Å². The van der Waals surface area contributed by atoms with Crippen molar-refractivity contribution in [2.75, 3.05) is 18.1 Å². The summed E-state index contributed by atoms with van der Waals surface area (Å²) in [6, 6.07) is 7.94. The third kappa shape index (κ3) is 2.23. The normalized spacial score (nSPS) is 13.0. The molecular weight excluding hydrogens is 214 g/mol. The van der Waals surface area contributed by atoms with Gasteiger partial charge in [-0.05, 0) is 25.0 Å². The van der Waals surface area contributed by atoms with Crippen LogP contribution in [-0.4, -0.2) is 19.2 Å². The zero-order valence-electron chi connectivity index (χ0n) is 8.60. The average Bonchev–Trinajstić information content (AvgIpc) is 2.61. The molecule has 2 rings (SSSR count). The Labute approximate surface area is 95.4 Å². The molecule has 0 saturated carbocycles. The Morgan fingerprint density at radius 3 is 2.93 bits per heavy atom. The SMILES string of the molecule is CCOC(=O)N1CCc2ccccc21.Cl. The van der Waals surface area contributed by atoms with Gasteiger partial charge in [0.25, 0.3) is 0 Å². The van der Waals surface area contributed by atoms with E-state index in [1.807, 2.05) is 25.1 Å². The zero-order valence-corrected chi connectivity index (χ0v) is 9.42. The average molecular weight is 228 g/mol. The highest BCUT2D eigenvalue weighted by molar-refractivity contribution is 5.90. The van der Waals surface area contributed by atoms with E-state index in [1.54, 1.807) is 4.90 Å². The Hall–Kier alpha value is -1.22. The lowest BCUT2D eigenvalue weighted by Gasteiger charge is -2.15. The number of rotatable bonds is 1. The van der Waals surface area contributed by atoms with Crippen molar-refractivity contribution >= 4 is 24.2 Å². The van der Waals surface area contributed by atoms with Crippen molar-refractivity contribution in [3.8, 4) is 0 Å². The molecule has 0 fully saturated rings. The fourth-order valence-corrected chi connectivity index (χ4v) is 1.73. The molecule has 1 aliphatic rings. The van der Waals surface area contributed by atoms with E-state index in [4.69, 9.17) is 4.74 Å². The molecule has 1 aliphatic heterocycles. The highest BCUT2D eigenvalue weighted by Gasteiger charge is 2.24. The summed E-state index contributed by atoms with van der Waals surface area (Å²) in [6.45, 7) is 2.98. The van der Waals surface area contributed by atoms with Gasteiger partial charge in [0.15, 0.2) is 0 Å². The first-order valence-corrected chi connectivity index (χ1v) is 4.85. The molecule has 1 aromatic carbocycles. The number of para-hydroxylation sites is 1. The smallest absolute Gasteiger partial charge is 0.414 e. The molecular formula is C11H14ClNO2. The van der Waals surface area contributed by atoms with Crippen molar-refractivity contribution in [2.45, 2.75) is 13.3 Å². The summed E-state index contributed by atoms with van der Waals surface area (Å²) in [5.41, 5.74) is 2.21. The fraction of sp³-hybridized carbons (Fsp3) is 0.364. The molecule has 0 spiro atoms. The lowest BCUT2D eigenvalue weighted by Crippen LogP contribution is -2.29. The minimum absolute atomic E-state index is 0. The van der Waals surface area contributed by atoms with E-state index in [0.717, 1.165) is 18.7 Å². The highest BCUT2D eigenvalue weighted by atomic mass is 35.5. The molecule has 0 N–H and O–H groups in total. The van der Waals surface area contributed by atoms with E-state index in [2.05, 4.69) is 6.07 Å². The molecule has 0 radical (unpaired) electrons. The van der Waals surface area contributed by atoms with Crippen molar-refractivity contribution in [3.05, 3.63) is 29.8 Å². The number of ether oxygens (including phenoxy) is 1. The van der Waals surface area contributed by atoms with Gasteiger partial charge < -0.3 is 4.74 Å². The number of hydrogen-bond donors (Lipinski definition) is 0. The van der Waals surface area contributed by atoms with Gasteiger partial charge in [0.1, 0.15) is 0 Å². The maximum absolute atomic E-state index is 11.5. The Balaban J connectivity index is 0.00000112. The van der Waals surface area contributed by atoms with Gasteiger partial charge in [-0.2, -0.15) is 0 Å². The first kappa shape index (κ1) is 11.9. The molecule has 0 atom stereocenters. The summed E-state index contributed by atoms with van der Waals surface area (Å²) in [4.78, 5) is 13.2. The summed E-state index contributed by atoms with van der Waals surface area (Å²) < 4.78 is 4.97. The summed E-state index contributed by atoms with van der Waals surface area (Å²) in [6.07, 6.45) is 0.687. The van der Waals surface area contributed by atoms with Crippen LogP contribution >= 0.6 is 12.4 Å². The molecule has 0 aromatic heterocycles. The van der Waals surface area contributed by atoms with Crippen LogP contribution in [0.1, 0.15) is 12.5 Å². The zero-order chi connectivity index (χ0) is 9.97. The van der Waals surface area contributed by atoms with Crippen molar-refractivity contribution in [1.82, 2.24) is 0 Å². The Bertz CT molecular complexity index is 354. The monoisotopic (exact) mass is 227 g/mol. The first-order chi connectivity index (χ1) is 6.83. The number of fused-ring (bicyclic) bond motifs is 1. The van der Waals surface area contributed by atoms with Crippen LogP contribution in [0.4, 0.5) is 10.5 Å². The van der Waals surface area contributed by atoms with Crippen molar-refractivity contribution in [2.24, 2.45) is 0 Å². The van der Waals surface area contributed by atoms with Crippen molar-refractivity contribution in [3.63, 3.8) is 0 Å². The van der Waals surface area contributed by atoms with Gasteiger partial charge in [-0.25, -0.2) is 4.79 Å². The quantitative estimate of drug-likeness (QED) is 0.738. The van der Waals surface area contributed by atoms with E-state index >= 15 is 0 Å². The topological polar surface area (TPSA) is 29.5 Å². The predicted octanol–water partition coefficient (Wildman–Crippen LogP) is 2.63. The fourth-order valence-electron chi connectivity index (χ4n) is 1.73. The maximum atomic E-state index is 11.5. The molecule has 0 unspecified atom stereocenters. The second-order valence-electron chi connectivity index (χ2n) is 3.23. The van der Waals surface area contributed by atoms with Gasteiger partial charge in [-0.3, -0.25) is 4.90 Å². The first-order valence-electron chi connectivity index (χ1n) is 4.85. The van der Waals surface area contributed by atoms with E-state index in [1.165, 1.54) is 5.56 Å². The Morgan fingerprint density at radius 1 is 1.47 bits per heavy atom. The lowest BCUT2D eigenvalue weighted by molar-refractivity contribution is 0.160. The number of benzene rings is 1. The molecule has 1 amide bonds. The number of carbonyl (C=O) groups excluding carboxylic acids is 1. The lowest BCUT2D eigenvalue weighted by atomic mass is 10.2. The molecule has 4 heteroatoms. The molecule has 15 heavy (non-hydrogen) atoms. The number of halogens is 1. The van der Waals surface area contributed by atoms with E-state index in [9.17, 15) is 4.79 Å². The third-order valence-corrected chi connectivity index (χ3v) is 2.38. The summed E-state index contributed by atoms with van der Waals surface area (Å²) >= 11 is 0. The Morgan fingerprint density at radius 2 is 2.20 bits per heavy atom. The van der Waals surface area contributed by atoms with Crippen LogP contribution in [0.25, 0.3) is 0 Å². The summed E-state index contributed by atoms with van der Waals surface area (Å²) in [7, 11) is 0. The molecule has 0 bridgehead atoms. The van der Waals surface area contributed by atoms with Crippen LogP contribution in [-0.2, 0) is 11.2 Å². The van der Waals surface area contributed by atoms with Crippen LogP contribution in [0.3, 0.4) is 0 Å². The van der Waals surface area contributed by atoms with Gasteiger partial charge in [0.05, 0.1) is 12.3 Å². The second kappa shape index (κ2) is 5.03. The maximum Gasteiger partial charge on any atom is 0.414 e. The minimum Gasteiger partial charge on any atom is -0.449 e. The number of amides is 1. The number of hydrogen-bond acceptors (Lipinski definition) is 2. The minimum atomic E-state index is -0.238. The molecule has 3 nitrogen and oxygen atoms in total.